The summed E-state index contributed by atoms with van der Waals surface area (Å²) in [5.74, 6) is 0.892. The van der Waals surface area contributed by atoms with Gasteiger partial charge in [0.05, 0.1) is 5.70 Å². The smallest absolute Gasteiger partial charge is 0.150 e. The van der Waals surface area contributed by atoms with Gasteiger partial charge < -0.3 is 0 Å². The molecule has 3 heteroatoms. The second kappa shape index (κ2) is 4.30. The molecule has 0 atom stereocenters. The van der Waals surface area contributed by atoms with Crippen molar-refractivity contribution in [3.05, 3.63) is 11.3 Å². The highest BCUT2D eigenvalue weighted by atomic mass is 15.2. The van der Waals surface area contributed by atoms with E-state index in [1.54, 1.807) is 0 Å². The lowest BCUT2D eigenvalue weighted by molar-refractivity contribution is 0.693. The lowest BCUT2D eigenvalue weighted by Gasteiger charge is -2.12. The molecule has 0 aromatic carbocycles. The molecule has 0 saturated carbocycles. The van der Waals surface area contributed by atoms with E-state index in [0.717, 1.165) is 5.70 Å². The van der Waals surface area contributed by atoms with E-state index in [1.807, 2.05) is 6.21 Å². The molecule has 0 saturated heterocycles. The molecule has 0 radical (unpaired) electrons. The van der Waals surface area contributed by atoms with Crippen molar-refractivity contribution >= 4 is 6.21 Å². The monoisotopic (exact) mass is 179 g/mol. The molecule has 0 amide bonds. The first kappa shape index (κ1) is 10.1. The van der Waals surface area contributed by atoms with Crippen molar-refractivity contribution in [3.8, 4) is 0 Å². The van der Waals surface area contributed by atoms with Crippen LogP contribution in [0.3, 0.4) is 0 Å². The van der Waals surface area contributed by atoms with E-state index < -0.39 is 0 Å². The Hall–Kier alpha value is -0.990. The van der Waals surface area contributed by atoms with Gasteiger partial charge in [-0.05, 0) is 17.4 Å². The van der Waals surface area contributed by atoms with Crippen LogP contribution in [0, 0.1) is 11.8 Å². The summed E-state index contributed by atoms with van der Waals surface area (Å²) < 4.78 is 0. The fourth-order valence-corrected chi connectivity index (χ4v) is 1.30. The maximum Gasteiger partial charge on any atom is 0.150 e. The Morgan fingerprint density at radius 3 is 2.38 bits per heavy atom. The molecule has 1 aliphatic rings. The van der Waals surface area contributed by atoms with Gasteiger partial charge in [0.25, 0.3) is 0 Å². The number of azo groups is 1. The van der Waals surface area contributed by atoms with Crippen molar-refractivity contribution in [1.29, 1.82) is 0 Å². The Kier molecular flexibility index (Phi) is 3.34. The van der Waals surface area contributed by atoms with Crippen molar-refractivity contribution in [2.75, 3.05) is 6.67 Å². The number of hydrogen-bond acceptors (Lipinski definition) is 3. The summed E-state index contributed by atoms with van der Waals surface area (Å²) in [7, 11) is 0. The molecule has 0 spiro atoms. The standard InChI is InChI=1S/C10H17N3/c1-7(2)9-5-11-6-12-13-10(9)8(3)4/h5,7-8H,6H2,1-4H3. The molecule has 72 valence electrons. The van der Waals surface area contributed by atoms with Crippen LogP contribution in [0.1, 0.15) is 27.7 Å². The molecule has 13 heavy (non-hydrogen) atoms. The van der Waals surface area contributed by atoms with Gasteiger partial charge in [-0.1, -0.05) is 27.7 Å². The zero-order valence-electron chi connectivity index (χ0n) is 8.78. The summed E-state index contributed by atoms with van der Waals surface area (Å²) >= 11 is 0. The van der Waals surface area contributed by atoms with E-state index in [9.17, 15) is 0 Å². The highest BCUT2D eigenvalue weighted by molar-refractivity contribution is 5.80. The minimum atomic E-state index is 0.422. The predicted molar refractivity (Wildman–Crippen MR) is 54.9 cm³/mol. The topological polar surface area (TPSA) is 37.1 Å². The third kappa shape index (κ3) is 2.47. The molecule has 0 aromatic heterocycles. The van der Waals surface area contributed by atoms with Crippen LogP contribution < -0.4 is 0 Å². The maximum absolute atomic E-state index is 4.20. The van der Waals surface area contributed by atoms with Crippen LogP contribution in [0.25, 0.3) is 0 Å². The predicted octanol–water partition coefficient (Wildman–Crippen LogP) is 3.05. The zero-order valence-corrected chi connectivity index (χ0v) is 8.78. The fraction of sp³-hybridized carbons (Fsp3) is 0.700. The van der Waals surface area contributed by atoms with Crippen LogP contribution in [0.4, 0.5) is 0 Å². The molecule has 1 aliphatic heterocycles. The molecule has 1 heterocycles. The van der Waals surface area contributed by atoms with Crippen LogP contribution in [-0.2, 0) is 0 Å². The quantitative estimate of drug-likeness (QED) is 0.625. The molecule has 0 N–H and O–H groups in total. The van der Waals surface area contributed by atoms with Crippen LogP contribution >= 0.6 is 0 Å². The summed E-state index contributed by atoms with van der Waals surface area (Å²) in [5.41, 5.74) is 2.30. The van der Waals surface area contributed by atoms with Gasteiger partial charge >= 0.3 is 0 Å². The van der Waals surface area contributed by atoms with E-state index >= 15 is 0 Å². The van der Waals surface area contributed by atoms with Gasteiger partial charge in [-0.2, -0.15) is 10.2 Å². The van der Waals surface area contributed by atoms with Gasteiger partial charge in [0, 0.05) is 6.21 Å². The average Bonchev–Trinajstić information content (AvgIpc) is 2.27. The minimum Gasteiger partial charge on any atom is -0.267 e. The summed E-state index contributed by atoms with van der Waals surface area (Å²) in [4.78, 5) is 4.16. The summed E-state index contributed by atoms with van der Waals surface area (Å²) in [6.07, 6.45) is 1.92. The molecule has 0 fully saturated rings. The molecule has 1 rings (SSSR count). The van der Waals surface area contributed by atoms with E-state index in [1.165, 1.54) is 5.57 Å². The highest BCUT2D eigenvalue weighted by Gasteiger charge is 2.13. The van der Waals surface area contributed by atoms with Gasteiger partial charge in [0.2, 0.25) is 0 Å². The molecule has 0 unspecified atom stereocenters. The summed E-state index contributed by atoms with van der Waals surface area (Å²) in [5, 5.41) is 8.18. The van der Waals surface area contributed by atoms with Crippen LogP contribution in [0.15, 0.2) is 26.5 Å². The van der Waals surface area contributed by atoms with E-state index in [-0.39, 0.29) is 0 Å². The Balaban J connectivity index is 3.07. The largest absolute Gasteiger partial charge is 0.267 e. The first-order valence-electron chi connectivity index (χ1n) is 4.74. The maximum atomic E-state index is 4.20. The number of allylic oxidation sites excluding steroid dienone is 2. The van der Waals surface area contributed by atoms with Gasteiger partial charge in [-0.25, -0.2) is 0 Å². The molecular weight excluding hydrogens is 162 g/mol. The second-order valence-corrected chi connectivity index (χ2v) is 3.84. The number of nitrogens with zero attached hydrogens (tertiary/aromatic N) is 3. The minimum absolute atomic E-state index is 0.422. The lowest BCUT2D eigenvalue weighted by Crippen LogP contribution is -2.03. The third-order valence-electron chi connectivity index (χ3n) is 2.02. The van der Waals surface area contributed by atoms with Crippen LogP contribution in [0.2, 0.25) is 0 Å². The van der Waals surface area contributed by atoms with E-state index in [4.69, 9.17) is 0 Å². The molecule has 0 aromatic rings. The van der Waals surface area contributed by atoms with Crippen molar-refractivity contribution in [3.63, 3.8) is 0 Å². The number of rotatable bonds is 2. The fourth-order valence-electron chi connectivity index (χ4n) is 1.30. The summed E-state index contributed by atoms with van der Waals surface area (Å²) in [6, 6.07) is 0. The van der Waals surface area contributed by atoms with E-state index in [0.29, 0.717) is 18.5 Å². The second-order valence-electron chi connectivity index (χ2n) is 3.84. The molecular formula is C10H17N3. The van der Waals surface area contributed by atoms with Crippen molar-refractivity contribution in [2.24, 2.45) is 27.1 Å². The molecule has 0 aliphatic carbocycles. The number of aliphatic imine (C=N–C) groups is 1. The normalized spacial score (nSPS) is 17.4. The van der Waals surface area contributed by atoms with Gasteiger partial charge in [0.1, 0.15) is 0 Å². The van der Waals surface area contributed by atoms with Crippen LogP contribution in [0.5, 0.6) is 0 Å². The average molecular weight is 179 g/mol. The molecule has 3 nitrogen and oxygen atoms in total. The third-order valence-corrected chi connectivity index (χ3v) is 2.02. The van der Waals surface area contributed by atoms with E-state index in [2.05, 4.69) is 42.9 Å². The van der Waals surface area contributed by atoms with Crippen LogP contribution in [-0.4, -0.2) is 12.9 Å². The Morgan fingerprint density at radius 2 is 1.85 bits per heavy atom. The zero-order chi connectivity index (χ0) is 9.84. The van der Waals surface area contributed by atoms with Gasteiger partial charge in [0.15, 0.2) is 6.67 Å². The van der Waals surface area contributed by atoms with Crippen molar-refractivity contribution in [2.45, 2.75) is 27.7 Å². The Morgan fingerprint density at radius 1 is 1.15 bits per heavy atom. The first-order valence-corrected chi connectivity index (χ1v) is 4.74. The number of hydrogen-bond donors (Lipinski definition) is 0. The summed E-state index contributed by atoms with van der Waals surface area (Å²) in [6.45, 7) is 9.05. The lowest BCUT2D eigenvalue weighted by atomic mass is 9.97. The Labute approximate surface area is 79.7 Å². The first-order chi connectivity index (χ1) is 6.13. The molecule has 0 bridgehead atoms. The Bertz CT molecular complexity index is 233. The SMILES string of the molecule is CC(C)C1=C(C(C)C)N=NCN=C1. The van der Waals surface area contributed by atoms with Crippen molar-refractivity contribution in [1.82, 2.24) is 0 Å². The highest BCUT2D eigenvalue weighted by Crippen LogP contribution is 2.22. The van der Waals surface area contributed by atoms with Gasteiger partial charge in [-0.3, -0.25) is 4.99 Å². The van der Waals surface area contributed by atoms with Gasteiger partial charge in [-0.15, -0.1) is 0 Å². The van der Waals surface area contributed by atoms with Crippen molar-refractivity contribution < 1.29 is 0 Å².